The van der Waals surface area contributed by atoms with Gasteiger partial charge in [-0.05, 0) is 18.9 Å². The summed E-state index contributed by atoms with van der Waals surface area (Å²) in [7, 11) is 0. The SMILES string of the molecule is O=C(NCCCn1cccn1)c1cn[nH]c1[C@H]1CCOC1. The van der Waals surface area contributed by atoms with E-state index in [-0.39, 0.29) is 11.8 Å². The van der Waals surface area contributed by atoms with Crippen LogP contribution in [0.1, 0.15) is 34.8 Å². The van der Waals surface area contributed by atoms with Gasteiger partial charge in [-0.15, -0.1) is 0 Å². The molecule has 0 aliphatic carbocycles. The molecule has 1 amide bonds. The van der Waals surface area contributed by atoms with E-state index in [1.54, 1.807) is 12.4 Å². The van der Waals surface area contributed by atoms with Crippen LogP contribution >= 0.6 is 0 Å². The van der Waals surface area contributed by atoms with Gasteiger partial charge >= 0.3 is 0 Å². The number of hydrogen-bond donors (Lipinski definition) is 2. The van der Waals surface area contributed by atoms with Gasteiger partial charge in [-0.3, -0.25) is 14.6 Å². The van der Waals surface area contributed by atoms with Gasteiger partial charge in [-0.25, -0.2) is 0 Å². The fourth-order valence-electron chi connectivity index (χ4n) is 2.52. The van der Waals surface area contributed by atoms with Gasteiger partial charge in [0, 0.05) is 38.0 Å². The number of nitrogens with one attached hydrogen (secondary N) is 2. The van der Waals surface area contributed by atoms with E-state index in [1.165, 1.54) is 0 Å². The Morgan fingerprint density at radius 1 is 1.57 bits per heavy atom. The molecule has 2 aromatic rings. The van der Waals surface area contributed by atoms with Crippen LogP contribution in [0.25, 0.3) is 0 Å². The van der Waals surface area contributed by atoms with Crippen molar-refractivity contribution in [2.24, 2.45) is 0 Å². The Morgan fingerprint density at radius 3 is 3.29 bits per heavy atom. The molecule has 0 unspecified atom stereocenters. The molecule has 3 heterocycles. The maximum absolute atomic E-state index is 12.2. The predicted molar refractivity (Wildman–Crippen MR) is 75.9 cm³/mol. The second-order valence-corrected chi connectivity index (χ2v) is 5.14. The van der Waals surface area contributed by atoms with Gasteiger partial charge in [0.1, 0.15) is 0 Å². The first-order valence-corrected chi connectivity index (χ1v) is 7.21. The van der Waals surface area contributed by atoms with Crippen molar-refractivity contribution < 1.29 is 9.53 Å². The zero-order valence-corrected chi connectivity index (χ0v) is 11.8. The summed E-state index contributed by atoms with van der Waals surface area (Å²) < 4.78 is 7.22. The third kappa shape index (κ3) is 3.30. The highest BCUT2D eigenvalue weighted by Gasteiger charge is 2.24. The van der Waals surface area contributed by atoms with Crippen molar-refractivity contribution in [1.82, 2.24) is 25.3 Å². The Bertz CT molecular complexity index is 572. The van der Waals surface area contributed by atoms with E-state index in [0.29, 0.717) is 18.7 Å². The molecule has 0 spiro atoms. The van der Waals surface area contributed by atoms with Crippen LogP contribution in [0.3, 0.4) is 0 Å². The van der Waals surface area contributed by atoms with Crippen molar-refractivity contribution in [3.8, 4) is 0 Å². The summed E-state index contributed by atoms with van der Waals surface area (Å²) in [4.78, 5) is 12.2. The van der Waals surface area contributed by atoms with Crippen LogP contribution in [0.5, 0.6) is 0 Å². The van der Waals surface area contributed by atoms with Gasteiger partial charge in [-0.2, -0.15) is 10.2 Å². The van der Waals surface area contributed by atoms with Gasteiger partial charge < -0.3 is 10.1 Å². The first-order valence-electron chi connectivity index (χ1n) is 7.21. The molecule has 2 aromatic heterocycles. The number of rotatable bonds is 6. The van der Waals surface area contributed by atoms with E-state index in [0.717, 1.165) is 31.7 Å². The Hall–Kier alpha value is -2.15. The summed E-state index contributed by atoms with van der Waals surface area (Å²) in [6.07, 6.45) is 7.03. The molecular formula is C14H19N5O2. The van der Waals surface area contributed by atoms with Gasteiger partial charge in [-0.1, -0.05) is 0 Å². The topological polar surface area (TPSA) is 84.8 Å². The molecule has 21 heavy (non-hydrogen) atoms. The monoisotopic (exact) mass is 289 g/mol. The third-order valence-electron chi connectivity index (χ3n) is 3.66. The summed E-state index contributed by atoms with van der Waals surface area (Å²) in [5.41, 5.74) is 1.52. The average molecular weight is 289 g/mol. The molecule has 1 atom stereocenters. The van der Waals surface area contributed by atoms with E-state index in [9.17, 15) is 4.79 Å². The van der Waals surface area contributed by atoms with E-state index in [1.807, 2.05) is 16.9 Å². The van der Waals surface area contributed by atoms with Gasteiger partial charge in [0.05, 0.1) is 24.1 Å². The number of aromatic amines is 1. The van der Waals surface area contributed by atoms with Gasteiger partial charge in [0.15, 0.2) is 0 Å². The number of aromatic nitrogens is 4. The smallest absolute Gasteiger partial charge is 0.254 e. The molecule has 1 aliphatic heterocycles. The zero-order valence-electron chi connectivity index (χ0n) is 11.8. The van der Waals surface area contributed by atoms with Crippen LogP contribution in [-0.2, 0) is 11.3 Å². The molecule has 0 bridgehead atoms. The molecule has 0 saturated carbocycles. The van der Waals surface area contributed by atoms with Crippen molar-refractivity contribution in [2.75, 3.05) is 19.8 Å². The third-order valence-corrected chi connectivity index (χ3v) is 3.66. The van der Waals surface area contributed by atoms with Crippen LogP contribution < -0.4 is 5.32 Å². The molecule has 2 N–H and O–H groups in total. The van der Waals surface area contributed by atoms with Gasteiger partial charge in [0.25, 0.3) is 5.91 Å². The van der Waals surface area contributed by atoms with Crippen LogP contribution in [-0.4, -0.2) is 45.6 Å². The molecule has 1 aliphatic rings. The van der Waals surface area contributed by atoms with E-state index >= 15 is 0 Å². The number of hydrogen-bond acceptors (Lipinski definition) is 4. The Kier molecular flexibility index (Phi) is 4.30. The summed E-state index contributed by atoms with van der Waals surface area (Å²) in [5, 5.41) is 14.0. The predicted octanol–water partition coefficient (Wildman–Crippen LogP) is 0.930. The first kappa shape index (κ1) is 13.8. The second-order valence-electron chi connectivity index (χ2n) is 5.14. The minimum Gasteiger partial charge on any atom is -0.381 e. The lowest BCUT2D eigenvalue weighted by atomic mass is 10.0. The highest BCUT2D eigenvalue weighted by Crippen LogP contribution is 2.25. The summed E-state index contributed by atoms with van der Waals surface area (Å²) in [6.45, 7) is 2.81. The number of H-pyrrole nitrogens is 1. The van der Waals surface area contributed by atoms with Crippen molar-refractivity contribution in [3.63, 3.8) is 0 Å². The van der Waals surface area contributed by atoms with Crippen LogP contribution in [0.15, 0.2) is 24.7 Å². The lowest BCUT2D eigenvalue weighted by Crippen LogP contribution is -2.26. The fraction of sp³-hybridized carbons (Fsp3) is 0.500. The van der Waals surface area contributed by atoms with Crippen LogP contribution in [0.4, 0.5) is 0 Å². The lowest BCUT2D eigenvalue weighted by Gasteiger charge is -2.09. The van der Waals surface area contributed by atoms with Crippen molar-refractivity contribution >= 4 is 5.91 Å². The molecule has 0 radical (unpaired) electrons. The van der Waals surface area contributed by atoms with E-state index < -0.39 is 0 Å². The number of ether oxygens (including phenoxy) is 1. The zero-order chi connectivity index (χ0) is 14.5. The largest absolute Gasteiger partial charge is 0.381 e. The highest BCUT2D eigenvalue weighted by atomic mass is 16.5. The minimum atomic E-state index is -0.0777. The van der Waals surface area contributed by atoms with Crippen molar-refractivity contribution in [3.05, 3.63) is 35.9 Å². The van der Waals surface area contributed by atoms with E-state index in [4.69, 9.17) is 4.74 Å². The van der Waals surface area contributed by atoms with Crippen molar-refractivity contribution in [1.29, 1.82) is 0 Å². The summed E-state index contributed by atoms with van der Waals surface area (Å²) in [5.74, 6) is 0.170. The molecule has 0 aromatic carbocycles. The minimum absolute atomic E-state index is 0.0777. The molecular weight excluding hydrogens is 270 g/mol. The maximum atomic E-state index is 12.2. The molecule has 1 saturated heterocycles. The molecule has 3 rings (SSSR count). The van der Waals surface area contributed by atoms with Gasteiger partial charge in [0.2, 0.25) is 0 Å². The molecule has 1 fully saturated rings. The molecule has 7 nitrogen and oxygen atoms in total. The highest BCUT2D eigenvalue weighted by molar-refractivity contribution is 5.95. The number of nitrogens with zero attached hydrogens (tertiary/aromatic N) is 3. The maximum Gasteiger partial charge on any atom is 0.254 e. The first-order chi connectivity index (χ1) is 10.3. The second kappa shape index (κ2) is 6.53. The Labute approximate surface area is 122 Å². The van der Waals surface area contributed by atoms with Crippen LogP contribution in [0.2, 0.25) is 0 Å². The molecule has 112 valence electrons. The Morgan fingerprint density at radius 2 is 2.52 bits per heavy atom. The summed E-state index contributed by atoms with van der Waals surface area (Å²) in [6, 6.07) is 1.89. The lowest BCUT2D eigenvalue weighted by molar-refractivity contribution is 0.0951. The quantitative estimate of drug-likeness (QED) is 0.775. The number of carbonyl (C=O) groups is 1. The normalized spacial score (nSPS) is 18.0. The van der Waals surface area contributed by atoms with E-state index in [2.05, 4.69) is 20.6 Å². The number of aryl methyl sites for hydroxylation is 1. The van der Waals surface area contributed by atoms with Crippen LogP contribution in [0, 0.1) is 0 Å². The fourth-order valence-corrected chi connectivity index (χ4v) is 2.52. The molecule has 7 heteroatoms. The average Bonchev–Trinajstić information content (AvgIpc) is 3.24. The van der Waals surface area contributed by atoms with Crippen molar-refractivity contribution in [2.45, 2.75) is 25.3 Å². The standard InChI is InChI=1S/C14H19N5O2/c20-14(15-4-1-6-19-7-2-5-17-19)12-9-16-18-13(12)11-3-8-21-10-11/h2,5,7,9,11H,1,3-4,6,8,10H2,(H,15,20)(H,16,18)/t11-/m0/s1. The Balaban J connectivity index is 1.50. The number of amides is 1. The number of carbonyl (C=O) groups excluding carboxylic acids is 1. The summed E-state index contributed by atoms with van der Waals surface area (Å²) >= 11 is 0.